The van der Waals surface area contributed by atoms with E-state index < -0.39 is 0 Å². The van der Waals surface area contributed by atoms with Gasteiger partial charge < -0.3 is 14.6 Å². The molecule has 0 unspecified atom stereocenters. The number of aromatic nitrogens is 2. The van der Waals surface area contributed by atoms with Crippen molar-refractivity contribution < 1.29 is 9.21 Å². The van der Waals surface area contributed by atoms with Gasteiger partial charge in [0.25, 0.3) is 0 Å². The molecule has 3 heterocycles. The molecule has 152 valence electrons. The van der Waals surface area contributed by atoms with E-state index in [-0.39, 0.29) is 17.9 Å². The second kappa shape index (κ2) is 7.78. The molecule has 4 aromatic rings. The van der Waals surface area contributed by atoms with Gasteiger partial charge in [-0.1, -0.05) is 42.5 Å². The Morgan fingerprint density at radius 1 is 1.07 bits per heavy atom. The van der Waals surface area contributed by atoms with Crippen molar-refractivity contribution in [1.82, 2.24) is 15.3 Å². The molecule has 1 atom stereocenters. The van der Waals surface area contributed by atoms with Crippen LogP contribution in [0.25, 0.3) is 22.1 Å². The Labute approximate surface area is 174 Å². The van der Waals surface area contributed by atoms with Gasteiger partial charge in [-0.2, -0.15) is 0 Å². The molecule has 1 aliphatic rings. The molecule has 1 fully saturated rings. The van der Waals surface area contributed by atoms with E-state index in [1.54, 1.807) is 6.33 Å². The van der Waals surface area contributed by atoms with Crippen molar-refractivity contribution >= 4 is 33.8 Å². The zero-order valence-electron chi connectivity index (χ0n) is 16.9. The molecule has 30 heavy (non-hydrogen) atoms. The third kappa shape index (κ3) is 3.38. The molecular weight excluding hydrogens is 376 g/mol. The van der Waals surface area contributed by atoms with Crippen LogP contribution in [0.2, 0.25) is 0 Å². The van der Waals surface area contributed by atoms with Crippen molar-refractivity contribution in [3.05, 3.63) is 66.5 Å². The van der Waals surface area contributed by atoms with Crippen LogP contribution in [0.1, 0.15) is 31.4 Å². The molecule has 6 heteroatoms. The van der Waals surface area contributed by atoms with Crippen LogP contribution < -0.4 is 10.2 Å². The number of carbonyl (C=O) groups is 1. The summed E-state index contributed by atoms with van der Waals surface area (Å²) in [6, 6.07) is 18.0. The zero-order valence-corrected chi connectivity index (χ0v) is 16.9. The molecular formula is C24H24N4O2. The summed E-state index contributed by atoms with van der Waals surface area (Å²) in [5.74, 6) is 0.954. The quantitative estimate of drug-likeness (QED) is 0.547. The molecule has 0 saturated carbocycles. The van der Waals surface area contributed by atoms with E-state index in [2.05, 4.69) is 20.2 Å². The molecule has 1 N–H and O–H groups in total. The number of piperidine rings is 1. The number of hydrogen-bond acceptors (Lipinski definition) is 5. The predicted molar refractivity (Wildman–Crippen MR) is 117 cm³/mol. The van der Waals surface area contributed by atoms with Gasteiger partial charge in [0.1, 0.15) is 17.4 Å². The molecule has 0 radical (unpaired) electrons. The van der Waals surface area contributed by atoms with Crippen LogP contribution in [-0.4, -0.2) is 29.0 Å². The molecule has 1 amide bonds. The Balaban J connectivity index is 1.29. The Morgan fingerprint density at radius 3 is 2.60 bits per heavy atom. The highest BCUT2D eigenvalue weighted by Crippen LogP contribution is 2.33. The van der Waals surface area contributed by atoms with Crippen LogP contribution in [0.15, 0.2) is 65.3 Å². The lowest BCUT2D eigenvalue weighted by Crippen LogP contribution is -2.41. The molecule has 1 aliphatic heterocycles. The number of amides is 1. The second-order valence-electron chi connectivity index (χ2n) is 7.88. The molecule has 0 bridgehead atoms. The van der Waals surface area contributed by atoms with Gasteiger partial charge in [-0.3, -0.25) is 4.79 Å². The minimum Gasteiger partial charge on any atom is -0.450 e. The second-order valence-corrected chi connectivity index (χ2v) is 7.88. The van der Waals surface area contributed by atoms with Crippen molar-refractivity contribution in [2.75, 3.05) is 18.0 Å². The number of furan rings is 1. The van der Waals surface area contributed by atoms with Crippen molar-refractivity contribution in [3.63, 3.8) is 0 Å². The fourth-order valence-electron chi connectivity index (χ4n) is 4.25. The SMILES string of the molecule is C[C@H](NC(=O)C1CCN(c2ncnc3c2oc2ccccc23)CC1)c1ccccc1. The molecule has 2 aromatic carbocycles. The summed E-state index contributed by atoms with van der Waals surface area (Å²) in [6.07, 6.45) is 3.18. The summed E-state index contributed by atoms with van der Waals surface area (Å²) in [4.78, 5) is 23.9. The van der Waals surface area contributed by atoms with Crippen LogP contribution >= 0.6 is 0 Å². The molecule has 6 nitrogen and oxygen atoms in total. The van der Waals surface area contributed by atoms with Crippen LogP contribution in [0.4, 0.5) is 5.82 Å². The average molecular weight is 400 g/mol. The van der Waals surface area contributed by atoms with E-state index in [1.807, 2.05) is 61.5 Å². The Bertz CT molecular complexity index is 1180. The van der Waals surface area contributed by atoms with Gasteiger partial charge in [-0.15, -0.1) is 0 Å². The fourth-order valence-corrected chi connectivity index (χ4v) is 4.25. The molecule has 2 aromatic heterocycles. The molecule has 0 spiro atoms. The minimum absolute atomic E-state index is 0.00812. The van der Waals surface area contributed by atoms with E-state index in [1.165, 1.54) is 0 Å². The standard InChI is InChI=1S/C24H24N4O2/c1-16(17-7-3-2-4-8-17)27-24(29)18-11-13-28(14-12-18)23-22-21(25-15-26-23)19-9-5-6-10-20(19)30-22/h2-10,15-16,18H,11-14H2,1H3,(H,27,29)/t16-/m0/s1. The highest BCUT2D eigenvalue weighted by molar-refractivity contribution is 6.05. The van der Waals surface area contributed by atoms with Crippen LogP contribution in [0, 0.1) is 5.92 Å². The number of nitrogens with one attached hydrogen (secondary N) is 1. The third-order valence-electron chi connectivity index (χ3n) is 5.96. The predicted octanol–water partition coefficient (Wildman–Crippen LogP) is 4.47. The smallest absolute Gasteiger partial charge is 0.223 e. The fraction of sp³-hybridized carbons (Fsp3) is 0.292. The van der Waals surface area contributed by atoms with Crippen molar-refractivity contribution in [2.24, 2.45) is 5.92 Å². The molecule has 0 aliphatic carbocycles. The summed E-state index contributed by atoms with van der Waals surface area (Å²) in [5.41, 5.74) is 3.50. The summed E-state index contributed by atoms with van der Waals surface area (Å²) in [6.45, 7) is 3.56. The zero-order chi connectivity index (χ0) is 20.5. The first-order valence-corrected chi connectivity index (χ1v) is 10.4. The number of rotatable bonds is 4. The van der Waals surface area contributed by atoms with E-state index in [9.17, 15) is 4.79 Å². The van der Waals surface area contributed by atoms with E-state index in [4.69, 9.17) is 4.42 Å². The van der Waals surface area contributed by atoms with E-state index in [0.717, 1.165) is 59.4 Å². The van der Waals surface area contributed by atoms with Gasteiger partial charge >= 0.3 is 0 Å². The maximum Gasteiger partial charge on any atom is 0.223 e. The Hall–Kier alpha value is -3.41. The summed E-state index contributed by atoms with van der Waals surface area (Å²) >= 11 is 0. The normalized spacial score (nSPS) is 16.1. The average Bonchev–Trinajstić information content (AvgIpc) is 3.18. The first-order valence-electron chi connectivity index (χ1n) is 10.4. The van der Waals surface area contributed by atoms with Crippen LogP contribution in [0.3, 0.4) is 0 Å². The van der Waals surface area contributed by atoms with Gasteiger partial charge in [0, 0.05) is 24.4 Å². The lowest BCUT2D eigenvalue weighted by molar-refractivity contribution is -0.126. The number of benzene rings is 2. The van der Waals surface area contributed by atoms with Gasteiger partial charge in [0.05, 0.1) is 6.04 Å². The van der Waals surface area contributed by atoms with Crippen molar-refractivity contribution in [1.29, 1.82) is 0 Å². The number of carbonyl (C=O) groups excluding carboxylic acids is 1. The number of nitrogens with zero attached hydrogens (tertiary/aromatic N) is 3. The summed E-state index contributed by atoms with van der Waals surface area (Å²) in [7, 11) is 0. The van der Waals surface area contributed by atoms with Crippen LogP contribution in [0.5, 0.6) is 0 Å². The van der Waals surface area contributed by atoms with Crippen LogP contribution in [-0.2, 0) is 4.79 Å². The lowest BCUT2D eigenvalue weighted by atomic mass is 9.95. The molecule has 5 rings (SSSR count). The highest BCUT2D eigenvalue weighted by atomic mass is 16.3. The van der Waals surface area contributed by atoms with Gasteiger partial charge in [-0.25, -0.2) is 9.97 Å². The van der Waals surface area contributed by atoms with Gasteiger partial charge in [-0.05, 0) is 37.5 Å². The van der Waals surface area contributed by atoms with Crippen molar-refractivity contribution in [3.8, 4) is 0 Å². The minimum atomic E-state index is 0.00812. The number of para-hydroxylation sites is 1. The Morgan fingerprint density at radius 2 is 1.80 bits per heavy atom. The third-order valence-corrected chi connectivity index (χ3v) is 5.96. The van der Waals surface area contributed by atoms with Gasteiger partial charge in [0.15, 0.2) is 11.4 Å². The van der Waals surface area contributed by atoms with E-state index >= 15 is 0 Å². The van der Waals surface area contributed by atoms with E-state index in [0.29, 0.717) is 0 Å². The topological polar surface area (TPSA) is 71.3 Å². The molecule has 1 saturated heterocycles. The monoisotopic (exact) mass is 400 g/mol. The largest absolute Gasteiger partial charge is 0.450 e. The lowest BCUT2D eigenvalue weighted by Gasteiger charge is -2.32. The summed E-state index contributed by atoms with van der Waals surface area (Å²) in [5, 5.41) is 4.17. The Kier molecular flexibility index (Phi) is 4.83. The maximum atomic E-state index is 12.8. The van der Waals surface area contributed by atoms with Gasteiger partial charge in [0.2, 0.25) is 5.91 Å². The number of hydrogen-bond donors (Lipinski definition) is 1. The number of fused-ring (bicyclic) bond motifs is 3. The first-order chi connectivity index (χ1) is 14.7. The highest BCUT2D eigenvalue weighted by Gasteiger charge is 2.28. The van der Waals surface area contributed by atoms with Crippen molar-refractivity contribution in [2.45, 2.75) is 25.8 Å². The number of anilines is 1. The maximum absolute atomic E-state index is 12.8. The first kappa shape index (κ1) is 18.6. The summed E-state index contributed by atoms with van der Waals surface area (Å²) < 4.78 is 6.07.